The van der Waals surface area contributed by atoms with E-state index in [1.807, 2.05) is 13.8 Å². The van der Waals surface area contributed by atoms with Gasteiger partial charge in [-0.15, -0.1) is 0 Å². The fraction of sp³-hybridized carbons (Fsp3) is 0.923. The SMILES string of the molecule is CCOC(CN1CCCC2C(=O)NCC21)OCC. The number of ether oxygens (including phenoxy) is 2. The molecule has 0 bridgehead atoms. The molecule has 5 nitrogen and oxygen atoms in total. The second-order valence-corrected chi connectivity index (χ2v) is 4.90. The molecule has 1 amide bonds. The summed E-state index contributed by atoms with van der Waals surface area (Å²) in [6, 6.07) is 0.328. The molecule has 0 aliphatic carbocycles. The Morgan fingerprint density at radius 2 is 2.11 bits per heavy atom. The maximum Gasteiger partial charge on any atom is 0.224 e. The highest BCUT2D eigenvalue weighted by atomic mass is 16.7. The summed E-state index contributed by atoms with van der Waals surface area (Å²) in [5.74, 6) is 0.386. The van der Waals surface area contributed by atoms with Crippen LogP contribution in [0.5, 0.6) is 0 Å². The first-order valence-corrected chi connectivity index (χ1v) is 7.01. The predicted molar refractivity (Wildman–Crippen MR) is 68.1 cm³/mol. The minimum absolute atomic E-state index is 0.169. The first-order valence-electron chi connectivity index (χ1n) is 7.01. The average molecular weight is 256 g/mol. The van der Waals surface area contributed by atoms with Crippen molar-refractivity contribution in [1.29, 1.82) is 0 Å². The molecule has 0 aromatic carbocycles. The second-order valence-electron chi connectivity index (χ2n) is 4.90. The highest BCUT2D eigenvalue weighted by molar-refractivity contribution is 5.82. The van der Waals surface area contributed by atoms with Crippen molar-refractivity contribution in [2.24, 2.45) is 5.92 Å². The number of nitrogens with one attached hydrogen (secondary N) is 1. The van der Waals surface area contributed by atoms with Crippen molar-refractivity contribution < 1.29 is 14.3 Å². The lowest BCUT2D eigenvalue weighted by molar-refractivity contribution is -0.154. The zero-order chi connectivity index (χ0) is 13.0. The highest BCUT2D eigenvalue weighted by Gasteiger charge is 2.41. The second kappa shape index (κ2) is 6.50. The van der Waals surface area contributed by atoms with Gasteiger partial charge in [0.05, 0.1) is 5.92 Å². The molecule has 2 unspecified atom stereocenters. The van der Waals surface area contributed by atoms with Gasteiger partial charge >= 0.3 is 0 Å². The van der Waals surface area contributed by atoms with E-state index in [1.165, 1.54) is 0 Å². The van der Waals surface area contributed by atoms with Gasteiger partial charge in [0.15, 0.2) is 6.29 Å². The van der Waals surface area contributed by atoms with Gasteiger partial charge in [0.1, 0.15) is 0 Å². The van der Waals surface area contributed by atoms with Crippen LogP contribution in [0.25, 0.3) is 0 Å². The molecular formula is C13H24N2O3. The van der Waals surface area contributed by atoms with E-state index in [4.69, 9.17) is 9.47 Å². The molecule has 104 valence electrons. The third kappa shape index (κ3) is 3.02. The molecule has 0 saturated carbocycles. The normalized spacial score (nSPS) is 28.5. The Kier molecular flexibility index (Phi) is 4.97. The van der Waals surface area contributed by atoms with E-state index in [0.29, 0.717) is 19.3 Å². The third-order valence-electron chi connectivity index (χ3n) is 3.80. The number of amides is 1. The summed E-state index contributed by atoms with van der Waals surface area (Å²) in [5, 5.41) is 2.97. The molecule has 0 spiro atoms. The summed E-state index contributed by atoms with van der Waals surface area (Å²) in [7, 11) is 0. The number of rotatable bonds is 6. The first-order chi connectivity index (χ1) is 8.76. The molecule has 2 heterocycles. The van der Waals surface area contributed by atoms with Crippen molar-refractivity contribution in [1.82, 2.24) is 10.2 Å². The molecule has 0 aromatic heterocycles. The van der Waals surface area contributed by atoms with Gasteiger partial charge in [-0.05, 0) is 33.2 Å². The topological polar surface area (TPSA) is 50.8 Å². The predicted octanol–water partition coefficient (Wildman–Crippen LogP) is 0.596. The zero-order valence-electron chi connectivity index (χ0n) is 11.4. The molecule has 2 rings (SSSR count). The quantitative estimate of drug-likeness (QED) is 0.707. The van der Waals surface area contributed by atoms with Gasteiger partial charge < -0.3 is 14.8 Å². The number of fused-ring (bicyclic) bond motifs is 1. The Bertz CT molecular complexity index is 279. The van der Waals surface area contributed by atoms with Crippen LogP contribution < -0.4 is 5.32 Å². The van der Waals surface area contributed by atoms with Crippen LogP contribution in [-0.2, 0) is 14.3 Å². The molecule has 0 aromatic rings. The average Bonchev–Trinajstić information content (AvgIpc) is 2.73. The molecule has 2 aliphatic rings. The van der Waals surface area contributed by atoms with Gasteiger partial charge in [0.25, 0.3) is 0 Å². The Labute approximate surface area is 109 Å². The maximum absolute atomic E-state index is 11.7. The molecule has 0 radical (unpaired) electrons. The maximum atomic E-state index is 11.7. The van der Waals surface area contributed by atoms with E-state index in [0.717, 1.165) is 32.5 Å². The van der Waals surface area contributed by atoms with Crippen LogP contribution in [0.15, 0.2) is 0 Å². The lowest BCUT2D eigenvalue weighted by Gasteiger charge is -2.37. The van der Waals surface area contributed by atoms with Crippen LogP contribution in [0.2, 0.25) is 0 Å². The summed E-state index contributed by atoms with van der Waals surface area (Å²) in [6.45, 7) is 7.84. The summed E-state index contributed by atoms with van der Waals surface area (Å²) in [5.41, 5.74) is 0. The van der Waals surface area contributed by atoms with Gasteiger partial charge in [-0.2, -0.15) is 0 Å². The number of carbonyl (C=O) groups is 1. The van der Waals surface area contributed by atoms with Crippen molar-refractivity contribution in [3.63, 3.8) is 0 Å². The Hall–Kier alpha value is -0.650. The summed E-state index contributed by atoms with van der Waals surface area (Å²) < 4.78 is 11.2. The summed E-state index contributed by atoms with van der Waals surface area (Å²) >= 11 is 0. The smallest absolute Gasteiger partial charge is 0.224 e. The van der Waals surface area contributed by atoms with E-state index in [-0.39, 0.29) is 18.1 Å². The minimum atomic E-state index is -0.172. The largest absolute Gasteiger partial charge is 0.354 e. The molecule has 2 aliphatic heterocycles. The van der Waals surface area contributed by atoms with Crippen molar-refractivity contribution in [2.45, 2.75) is 39.0 Å². The minimum Gasteiger partial charge on any atom is -0.354 e. The Morgan fingerprint density at radius 3 is 2.78 bits per heavy atom. The Balaban J connectivity index is 1.92. The van der Waals surface area contributed by atoms with Gasteiger partial charge in [-0.3, -0.25) is 9.69 Å². The fourth-order valence-electron chi connectivity index (χ4n) is 2.98. The zero-order valence-corrected chi connectivity index (χ0v) is 11.4. The first kappa shape index (κ1) is 13.8. The lowest BCUT2D eigenvalue weighted by atomic mass is 9.91. The van der Waals surface area contributed by atoms with Crippen LogP contribution in [0.1, 0.15) is 26.7 Å². The number of nitrogens with zero attached hydrogens (tertiary/aromatic N) is 1. The lowest BCUT2D eigenvalue weighted by Crippen LogP contribution is -2.49. The van der Waals surface area contributed by atoms with Crippen molar-refractivity contribution in [3.8, 4) is 0 Å². The van der Waals surface area contributed by atoms with Crippen LogP contribution in [0.4, 0.5) is 0 Å². The van der Waals surface area contributed by atoms with Crippen LogP contribution >= 0.6 is 0 Å². The molecule has 2 saturated heterocycles. The van der Waals surface area contributed by atoms with Crippen molar-refractivity contribution in [3.05, 3.63) is 0 Å². The van der Waals surface area contributed by atoms with Crippen LogP contribution in [-0.4, -0.2) is 56.0 Å². The molecule has 18 heavy (non-hydrogen) atoms. The summed E-state index contributed by atoms with van der Waals surface area (Å²) in [6.07, 6.45) is 1.93. The van der Waals surface area contributed by atoms with E-state index < -0.39 is 0 Å². The molecule has 5 heteroatoms. The van der Waals surface area contributed by atoms with Crippen molar-refractivity contribution >= 4 is 5.91 Å². The number of hydrogen-bond donors (Lipinski definition) is 1. The summed E-state index contributed by atoms with van der Waals surface area (Å²) in [4.78, 5) is 14.0. The van der Waals surface area contributed by atoms with E-state index in [1.54, 1.807) is 0 Å². The third-order valence-corrected chi connectivity index (χ3v) is 3.80. The van der Waals surface area contributed by atoms with E-state index in [9.17, 15) is 4.79 Å². The fourth-order valence-corrected chi connectivity index (χ4v) is 2.98. The van der Waals surface area contributed by atoms with Gasteiger partial charge in [-0.1, -0.05) is 0 Å². The standard InChI is InChI=1S/C13H24N2O3/c1-3-17-12(18-4-2)9-15-7-5-6-10-11(15)8-14-13(10)16/h10-12H,3-9H2,1-2H3,(H,14,16). The number of likely N-dealkylation sites (tertiary alicyclic amines) is 1. The molecular weight excluding hydrogens is 232 g/mol. The molecule has 2 atom stereocenters. The van der Waals surface area contributed by atoms with Gasteiger partial charge in [0, 0.05) is 32.3 Å². The number of hydrogen-bond acceptors (Lipinski definition) is 4. The van der Waals surface area contributed by atoms with Gasteiger partial charge in [-0.25, -0.2) is 0 Å². The van der Waals surface area contributed by atoms with Crippen molar-refractivity contribution in [2.75, 3.05) is 32.8 Å². The van der Waals surface area contributed by atoms with E-state index >= 15 is 0 Å². The highest BCUT2D eigenvalue weighted by Crippen LogP contribution is 2.27. The van der Waals surface area contributed by atoms with Crippen LogP contribution in [0.3, 0.4) is 0 Å². The van der Waals surface area contributed by atoms with Crippen LogP contribution in [0, 0.1) is 5.92 Å². The number of piperidine rings is 1. The van der Waals surface area contributed by atoms with Gasteiger partial charge in [0.2, 0.25) is 5.91 Å². The molecule has 1 N–H and O–H groups in total. The monoisotopic (exact) mass is 256 g/mol. The Morgan fingerprint density at radius 1 is 1.39 bits per heavy atom. The van der Waals surface area contributed by atoms with E-state index in [2.05, 4.69) is 10.2 Å². The number of carbonyl (C=O) groups excluding carboxylic acids is 1. The molecule has 2 fully saturated rings.